The Labute approximate surface area is 97.9 Å². The molecule has 2 rings (SSSR count). The van der Waals surface area contributed by atoms with Crippen molar-refractivity contribution in [2.24, 2.45) is 0 Å². The van der Waals surface area contributed by atoms with Gasteiger partial charge in [-0.25, -0.2) is 4.79 Å². The van der Waals surface area contributed by atoms with E-state index in [9.17, 15) is 4.79 Å². The average Bonchev–Trinajstić information content (AvgIpc) is 2.30. The van der Waals surface area contributed by atoms with Crippen molar-refractivity contribution < 1.29 is 9.90 Å². The van der Waals surface area contributed by atoms with Gasteiger partial charge in [0, 0.05) is 9.79 Å². The van der Waals surface area contributed by atoms with Gasteiger partial charge in [-0.3, -0.25) is 0 Å². The van der Waals surface area contributed by atoms with Crippen LogP contribution in [-0.4, -0.2) is 11.1 Å². The molecular weight excluding hydrogens is 220 g/mol. The molecule has 1 radical (unpaired) electrons. The van der Waals surface area contributed by atoms with Gasteiger partial charge in [0.25, 0.3) is 0 Å². The Balaban J connectivity index is 2.22. The van der Waals surface area contributed by atoms with Crippen molar-refractivity contribution >= 4 is 17.7 Å². The van der Waals surface area contributed by atoms with E-state index >= 15 is 0 Å². The predicted molar refractivity (Wildman–Crippen MR) is 62.8 cm³/mol. The van der Waals surface area contributed by atoms with Gasteiger partial charge in [0.05, 0.1) is 5.56 Å². The van der Waals surface area contributed by atoms with Crippen molar-refractivity contribution in [2.75, 3.05) is 0 Å². The minimum atomic E-state index is -0.913. The molecule has 2 aromatic carbocycles. The Morgan fingerprint density at radius 1 is 1.19 bits per heavy atom. The fraction of sp³-hybridized carbons (Fsp3) is 0. The first-order chi connectivity index (χ1) is 7.75. The van der Waals surface area contributed by atoms with Crippen molar-refractivity contribution in [3.8, 4) is 0 Å². The highest BCUT2D eigenvalue weighted by atomic mass is 32.2. The third kappa shape index (κ3) is 2.64. The van der Waals surface area contributed by atoms with Gasteiger partial charge in [-0.1, -0.05) is 36.0 Å². The molecule has 1 N–H and O–H groups in total. The van der Waals surface area contributed by atoms with Crippen molar-refractivity contribution in [1.29, 1.82) is 0 Å². The zero-order valence-electron chi connectivity index (χ0n) is 8.38. The van der Waals surface area contributed by atoms with Crippen molar-refractivity contribution in [1.82, 2.24) is 0 Å². The molecule has 79 valence electrons. The third-order valence-electron chi connectivity index (χ3n) is 1.99. The SMILES string of the molecule is O=C(O)c1cc[c]c(Sc2ccccc2)c1. The standard InChI is InChI=1S/C13H9O2S/c14-13(15)10-5-4-8-12(9-10)16-11-6-2-1-3-7-11/h1-7,9H,(H,14,15). The molecule has 2 aromatic rings. The second kappa shape index (κ2) is 4.86. The van der Waals surface area contributed by atoms with Crippen molar-refractivity contribution in [2.45, 2.75) is 9.79 Å². The Kier molecular flexibility index (Phi) is 3.27. The molecule has 0 saturated carbocycles. The number of aromatic carboxylic acids is 1. The van der Waals surface area contributed by atoms with Crippen LogP contribution in [0, 0.1) is 6.07 Å². The summed E-state index contributed by atoms with van der Waals surface area (Å²) < 4.78 is 0. The molecule has 0 aromatic heterocycles. The minimum Gasteiger partial charge on any atom is -0.478 e. The molecule has 0 bridgehead atoms. The zero-order chi connectivity index (χ0) is 11.4. The molecule has 16 heavy (non-hydrogen) atoms. The van der Waals surface area contributed by atoms with Gasteiger partial charge in [-0.05, 0) is 30.3 Å². The smallest absolute Gasteiger partial charge is 0.335 e. The normalized spacial score (nSPS) is 10.0. The molecule has 0 aliphatic heterocycles. The average molecular weight is 229 g/mol. The Bertz CT molecular complexity index is 494. The number of hydrogen-bond donors (Lipinski definition) is 1. The second-order valence-corrected chi connectivity index (χ2v) is 4.28. The Morgan fingerprint density at radius 2 is 1.94 bits per heavy atom. The molecule has 0 aliphatic rings. The van der Waals surface area contributed by atoms with Gasteiger partial charge in [-0.2, -0.15) is 0 Å². The summed E-state index contributed by atoms with van der Waals surface area (Å²) in [5, 5.41) is 8.85. The van der Waals surface area contributed by atoms with Gasteiger partial charge >= 0.3 is 5.97 Å². The van der Waals surface area contributed by atoms with Gasteiger partial charge in [0.1, 0.15) is 0 Å². The summed E-state index contributed by atoms with van der Waals surface area (Å²) in [7, 11) is 0. The van der Waals surface area contributed by atoms with Crippen LogP contribution in [-0.2, 0) is 0 Å². The first kappa shape index (κ1) is 10.8. The highest BCUT2D eigenvalue weighted by Crippen LogP contribution is 2.27. The maximum atomic E-state index is 10.8. The second-order valence-electron chi connectivity index (χ2n) is 3.16. The molecule has 3 heteroatoms. The first-order valence-electron chi connectivity index (χ1n) is 4.73. The summed E-state index contributed by atoms with van der Waals surface area (Å²) >= 11 is 1.50. The molecule has 0 saturated heterocycles. The van der Waals surface area contributed by atoms with E-state index in [1.165, 1.54) is 17.8 Å². The Hall–Kier alpha value is -1.74. The summed E-state index contributed by atoms with van der Waals surface area (Å²) in [5.74, 6) is -0.913. The molecule has 0 fully saturated rings. The van der Waals surface area contributed by atoms with Crippen LogP contribution < -0.4 is 0 Å². The van der Waals surface area contributed by atoms with Crippen molar-refractivity contribution in [3.05, 3.63) is 60.2 Å². The van der Waals surface area contributed by atoms with Crippen LogP contribution >= 0.6 is 11.8 Å². The molecule has 0 unspecified atom stereocenters. The Morgan fingerprint density at radius 3 is 2.62 bits per heavy atom. The van der Waals surface area contributed by atoms with E-state index in [2.05, 4.69) is 6.07 Å². The van der Waals surface area contributed by atoms with Crippen molar-refractivity contribution in [3.63, 3.8) is 0 Å². The molecule has 2 nitrogen and oxygen atoms in total. The number of benzene rings is 2. The fourth-order valence-corrected chi connectivity index (χ4v) is 2.11. The van der Waals surface area contributed by atoms with Crippen LogP contribution in [0.25, 0.3) is 0 Å². The van der Waals surface area contributed by atoms with Crippen LogP contribution in [0.2, 0.25) is 0 Å². The predicted octanol–water partition coefficient (Wildman–Crippen LogP) is 3.34. The van der Waals surface area contributed by atoms with Gasteiger partial charge in [0.15, 0.2) is 0 Å². The largest absolute Gasteiger partial charge is 0.478 e. The van der Waals surface area contributed by atoms with E-state index < -0.39 is 5.97 Å². The quantitative estimate of drug-likeness (QED) is 0.877. The van der Waals surface area contributed by atoms with E-state index in [1.807, 2.05) is 30.3 Å². The summed E-state index contributed by atoms with van der Waals surface area (Å²) in [5.41, 5.74) is 0.289. The van der Waals surface area contributed by atoms with E-state index in [0.29, 0.717) is 0 Å². The number of carbonyl (C=O) groups is 1. The number of carboxylic acid groups (broad SMARTS) is 1. The summed E-state index contributed by atoms with van der Waals surface area (Å²) in [6.45, 7) is 0. The fourth-order valence-electron chi connectivity index (χ4n) is 1.25. The highest BCUT2D eigenvalue weighted by molar-refractivity contribution is 7.99. The first-order valence-corrected chi connectivity index (χ1v) is 5.55. The molecule has 0 spiro atoms. The molecular formula is C13H9O2S. The lowest BCUT2D eigenvalue weighted by Crippen LogP contribution is -1.95. The van der Waals surface area contributed by atoms with E-state index in [0.717, 1.165) is 9.79 Å². The summed E-state index contributed by atoms with van der Waals surface area (Å²) in [4.78, 5) is 12.7. The van der Waals surface area contributed by atoms with Gasteiger partial charge in [-0.15, -0.1) is 0 Å². The summed E-state index contributed by atoms with van der Waals surface area (Å²) in [6, 6.07) is 17.6. The number of carboxylic acids is 1. The van der Waals surface area contributed by atoms with E-state index in [1.54, 1.807) is 12.1 Å². The van der Waals surface area contributed by atoms with E-state index in [4.69, 9.17) is 5.11 Å². The topological polar surface area (TPSA) is 37.3 Å². The number of hydrogen-bond acceptors (Lipinski definition) is 2. The van der Waals surface area contributed by atoms with Gasteiger partial charge < -0.3 is 5.11 Å². The molecule has 0 amide bonds. The van der Waals surface area contributed by atoms with Gasteiger partial charge in [0.2, 0.25) is 0 Å². The zero-order valence-corrected chi connectivity index (χ0v) is 9.20. The van der Waals surface area contributed by atoms with Crippen LogP contribution in [0.15, 0.2) is 58.3 Å². The van der Waals surface area contributed by atoms with E-state index in [-0.39, 0.29) is 5.56 Å². The number of rotatable bonds is 3. The lowest BCUT2D eigenvalue weighted by molar-refractivity contribution is 0.0696. The maximum absolute atomic E-state index is 10.8. The van der Waals surface area contributed by atoms with Crippen LogP contribution in [0.3, 0.4) is 0 Å². The molecule has 0 aliphatic carbocycles. The van der Waals surface area contributed by atoms with Crippen LogP contribution in [0.5, 0.6) is 0 Å². The monoisotopic (exact) mass is 229 g/mol. The van der Waals surface area contributed by atoms with Crippen LogP contribution in [0.1, 0.15) is 10.4 Å². The maximum Gasteiger partial charge on any atom is 0.335 e. The lowest BCUT2D eigenvalue weighted by Gasteiger charge is -2.01. The molecule has 0 heterocycles. The summed E-state index contributed by atoms with van der Waals surface area (Å²) in [6.07, 6.45) is 0. The highest BCUT2D eigenvalue weighted by Gasteiger charge is 2.04. The molecule has 0 atom stereocenters. The van der Waals surface area contributed by atoms with Crippen LogP contribution in [0.4, 0.5) is 0 Å². The third-order valence-corrected chi connectivity index (χ3v) is 2.96. The lowest BCUT2D eigenvalue weighted by atomic mass is 10.2. The minimum absolute atomic E-state index is 0.289.